The predicted molar refractivity (Wildman–Crippen MR) is 65.9 cm³/mol. The quantitative estimate of drug-likeness (QED) is 0.409. The molecule has 1 atom stereocenters. The first-order valence-electron chi connectivity index (χ1n) is 5.36. The Morgan fingerprint density at radius 3 is 1.89 bits per heavy atom. The Morgan fingerprint density at radius 2 is 1.53 bits per heavy atom. The number of rotatable bonds is 7. The van der Waals surface area contributed by atoms with Gasteiger partial charge in [-0.25, -0.2) is 40.0 Å². The van der Waals surface area contributed by atoms with Crippen LogP contribution < -0.4 is 0 Å². The monoisotopic (exact) mass is 268 g/mol. The fourth-order valence-electron chi connectivity index (χ4n) is 1.05. The molecule has 0 rings (SSSR count). The second-order valence-corrected chi connectivity index (χ2v) is 2.96. The number of nitrogens with zero attached hydrogens (tertiary/aromatic N) is 2. The zero-order chi connectivity index (χ0) is 15.4. The number of carbonyl (C=O) groups excluding carboxylic acids is 4. The molecule has 0 spiro atoms. The molecule has 1 unspecified atom stereocenters. The van der Waals surface area contributed by atoms with E-state index in [1.54, 1.807) is 6.08 Å². The van der Waals surface area contributed by atoms with Crippen molar-refractivity contribution < 1.29 is 19.2 Å². The molecule has 0 heterocycles. The molecule has 0 aliphatic heterocycles. The van der Waals surface area contributed by atoms with Crippen molar-refractivity contribution in [1.82, 2.24) is 0 Å². The fraction of sp³-hybridized carbons (Fsp3) is 0.636. The van der Waals surface area contributed by atoms with E-state index in [9.17, 15) is 9.59 Å². The van der Waals surface area contributed by atoms with Crippen LogP contribution in [0, 0.1) is 10.8 Å². The summed E-state index contributed by atoms with van der Waals surface area (Å²) in [7, 11) is 0. The van der Waals surface area contributed by atoms with Crippen LogP contribution in [0.5, 0.6) is 0 Å². The van der Waals surface area contributed by atoms with Gasteiger partial charge in [0.1, 0.15) is 0 Å². The molecule has 0 bridgehead atoms. The Balaban J connectivity index is -0.000000360. The molecule has 0 amide bonds. The number of nitrogens with one attached hydrogen (secondary N) is 2. The number of unbranched alkanes of at least 4 members (excludes halogenated alkanes) is 1. The second-order valence-electron chi connectivity index (χ2n) is 2.96. The third-order valence-electron chi connectivity index (χ3n) is 1.83. The lowest BCUT2D eigenvalue weighted by molar-refractivity contribution is 0.530. The van der Waals surface area contributed by atoms with Gasteiger partial charge >= 0.3 is 0 Å². The molecule has 0 saturated carbocycles. The number of isocyanates is 4. The van der Waals surface area contributed by atoms with Gasteiger partial charge in [-0.1, -0.05) is 6.92 Å². The van der Waals surface area contributed by atoms with E-state index in [4.69, 9.17) is 20.4 Å². The van der Waals surface area contributed by atoms with E-state index in [1.165, 1.54) is 6.08 Å². The van der Waals surface area contributed by atoms with Crippen molar-refractivity contribution in [1.29, 1.82) is 10.8 Å². The summed E-state index contributed by atoms with van der Waals surface area (Å²) >= 11 is 0. The lowest BCUT2D eigenvalue weighted by atomic mass is 10.1. The van der Waals surface area contributed by atoms with Crippen molar-refractivity contribution in [3.63, 3.8) is 0 Å². The van der Waals surface area contributed by atoms with E-state index >= 15 is 0 Å². The maximum Gasteiger partial charge on any atom is 0.235 e. The smallest absolute Gasteiger partial charge is 0.222 e. The van der Waals surface area contributed by atoms with Gasteiger partial charge < -0.3 is 0 Å². The van der Waals surface area contributed by atoms with E-state index in [0.29, 0.717) is 6.54 Å². The highest BCUT2D eigenvalue weighted by Crippen LogP contribution is 2.07. The number of hydrogen-bond donors (Lipinski definition) is 2. The summed E-state index contributed by atoms with van der Waals surface area (Å²) in [5.74, 6) is 0. The SMILES string of the molecule is CCC(CCCCN=C=O)N=C=O.N=C=O.N=C=O. The first-order chi connectivity index (χ1) is 9.17. The van der Waals surface area contributed by atoms with Crippen LogP contribution in [-0.2, 0) is 19.2 Å². The average molecular weight is 268 g/mol. The van der Waals surface area contributed by atoms with Crippen LogP contribution in [0.3, 0.4) is 0 Å². The summed E-state index contributed by atoms with van der Waals surface area (Å²) in [6.45, 7) is 2.50. The van der Waals surface area contributed by atoms with E-state index in [1.807, 2.05) is 6.92 Å². The Morgan fingerprint density at radius 1 is 1.00 bits per heavy atom. The zero-order valence-electron chi connectivity index (χ0n) is 10.6. The van der Waals surface area contributed by atoms with Gasteiger partial charge in [0.2, 0.25) is 24.3 Å². The van der Waals surface area contributed by atoms with Crippen LogP contribution in [0.1, 0.15) is 32.6 Å². The highest BCUT2D eigenvalue weighted by Gasteiger charge is 2.02. The van der Waals surface area contributed by atoms with E-state index < -0.39 is 0 Å². The summed E-state index contributed by atoms with van der Waals surface area (Å²) in [6, 6.07) is 0.0812. The van der Waals surface area contributed by atoms with Crippen LogP contribution in [-0.4, -0.2) is 36.9 Å². The predicted octanol–water partition coefficient (Wildman–Crippen LogP) is 1.41. The molecule has 0 aromatic carbocycles. The maximum absolute atomic E-state index is 9.95. The van der Waals surface area contributed by atoms with Crippen LogP contribution >= 0.6 is 0 Å². The molecular formula is C11H16N4O4. The molecule has 8 nitrogen and oxygen atoms in total. The van der Waals surface area contributed by atoms with Crippen LogP contribution in [0.25, 0.3) is 0 Å². The summed E-state index contributed by atoms with van der Waals surface area (Å²) < 4.78 is 0. The molecule has 0 aromatic rings. The molecule has 0 aromatic heterocycles. The maximum atomic E-state index is 9.95. The van der Waals surface area contributed by atoms with Crippen LogP contribution in [0.2, 0.25) is 0 Å². The van der Waals surface area contributed by atoms with Crippen molar-refractivity contribution in [2.24, 2.45) is 9.98 Å². The molecule has 104 valence electrons. The molecule has 0 radical (unpaired) electrons. The van der Waals surface area contributed by atoms with Gasteiger partial charge in [-0.05, 0) is 25.7 Å². The third-order valence-corrected chi connectivity index (χ3v) is 1.83. The first kappa shape index (κ1) is 21.8. The summed E-state index contributed by atoms with van der Waals surface area (Å²) in [6.07, 6.45) is 8.03. The van der Waals surface area contributed by atoms with Crippen LogP contribution in [0.4, 0.5) is 0 Å². The standard InChI is InChI=1S/C9H14N2O2.2CHNO/c1-2-9(11-8-13)5-3-4-6-10-7-12;2*2-1-3/h9H,2-6H2,1H3;2*2H. The minimum absolute atomic E-state index is 0.0812. The van der Waals surface area contributed by atoms with Crippen molar-refractivity contribution in [2.45, 2.75) is 38.6 Å². The highest BCUT2D eigenvalue weighted by atomic mass is 16.1. The van der Waals surface area contributed by atoms with Gasteiger partial charge in [0, 0.05) is 0 Å². The van der Waals surface area contributed by atoms with Crippen molar-refractivity contribution in [2.75, 3.05) is 6.54 Å². The normalized spacial score (nSPS) is 8.47. The zero-order valence-corrected chi connectivity index (χ0v) is 10.6. The van der Waals surface area contributed by atoms with Crippen molar-refractivity contribution in [3.8, 4) is 0 Å². The largest absolute Gasteiger partial charge is 0.235 e. The number of hydrogen-bond acceptors (Lipinski definition) is 8. The molecule has 0 aliphatic rings. The summed E-state index contributed by atoms with van der Waals surface area (Å²) in [5.41, 5.74) is 0. The van der Waals surface area contributed by atoms with Gasteiger partial charge in [-0.15, -0.1) is 0 Å². The number of aliphatic imine (C=N–C) groups is 2. The molecule has 0 aliphatic carbocycles. The van der Waals surface area contributed by atoms with Crippen molar-refractivity contribution >= 4 is 24.3 Å². The Hall–Kier alpha value is -2.48. The molecule has 0 fully saturated rings. The fourth-order valence-corrected chi connectivity index (χ4v) is 1.05. The topological polar surface area (TPSA) is 141 Å². The summed E-state index contributed by atoms with van der Waals surface area (Å²) in [5, 5.41) is 10.8. The molecular weight excluding hydrogens is 252 g/mol. The Labute approximate surface area is 110 Å². The van der Waals surface area contributed by atoms with Gasteiger partial charge in [-0.3, -0.25) is 0 Å². The van der Waals surface area contributed by atoms with E-state index in [0.717, 1.165) is 37.8 Å². The lowest BCUT2D eigenvalue weighted by Gasteiger charge is -2.05. The third kappa shape index (κ3) is 31.3. The minimum atomic E-state index is 0.0812. The second kappa shape index (κ2) is 24.7. The van der Waals surface area contributed by atoms with Crippen molar-refractivity contribution in [3.05, 3.63) is 0 Å². The van der Waals surface area contributed by atoms with Crippen LogP contribution in [0.15, 0.2) is 9.98 Å². The van der Waals surface area contributed by atoms with Gasteiger partial charge in [0.05, 0.1) is 12.6 Å². The minimum Gasteiger partial charge on any atom is -0.222 e. The highest BCUT2D eigenvalue weighted by molar-refractivity contribution is 5.33. The van der Waals surface area contributed by atoms with E-state index in [2.05, 4.69) is 9.98 Å². The van der Waals surface area contributed by atoms with E-state index in [-0.39, 0.29) is 6.04 Å². The summed E-state index contributed by atoms with van der Waals surface area (Å²) in [4.78, 5) is 43.4. The molecule has 0 saturated heterocycles. The van der Waals surface area contributed by atoms with Gasteiger partial charge in [-0.2, -0.15) is 0 Å². The Kier molecular flexibility index (Phi) is 28.2. The van der Waals surface area contributed by atoms with Gasteiger partial charge in [0.15, 0.2) is 0 Å². The lowest BCUT2D eigenvalue weighted by Crippen LogP contribution is -2.01. The molecule has 19 heavy (non-hydrogen) atoms. The Bertz CT molecular complexity index is 347. The average Bonchev–Trinajstić information content (AvgIpc) is 2.39. The molecule has 2 N–H and O–H groups in total. The molecule has 8 heteroatoms. The van der Waals surface area contributed by atoms with Gasteiger partial charge in [0.25, 0.3) is 0 Å². The first-order valence-corrected chi connectivity index (χ1v) is 5.36.